The highest BCUT2D eigenvalue weighted by Gasteiger charge is 2.17. The van der Waals surface area contributed by atoms with Crippen LogP contribution in [0.1, 0.15) is 17.7 Å². The summed E-state index contributed by atoms with van der Waals surface area (Å²) in [5.41, 5.74) is 0. The molecule has 2 rings (SSSR count). The summed E-state index contributed by atoms with van der Waals surface area (Å²) in [5.74, 6) is 2.34. The minimum absolute atomic E-state index is 0.0726. The molecule has 0 aromatic carbocycles. The van der Waals surface area contributed by atoms with Gasteiger partial charge in [0.15, 0.2) is 0 Å². The van der Waals surface area contributed by atoms with Crippen molar-refractivity contribution in [2.24, 2.45) is 0 Å². The molecular formula is C13H20N2OS2. The highest BCUT2D eigenvalue weighted by Crippen LogP contribution is 2.17. The summed E-state index contributed by atoms with van der Waals surface area (Å²) in [6.45, 7) is 0.786. The lowest BCUT2D eigenvalue weighted by atomic mass is 10.1. The molecule has 5 heteroatoms. The fourth-order valence-electron chi connectivity index (χ4n) is 1.96. The van der Waals surface area contributed by atoms with E-state index in [1.54, 1.807) is 16.2 Å². The Hall–Kier alpha value is -0.680. The first kappa shape index (κ1) is 13.7. The van der Waals surface area contributed by atoms with Gasteiger partial charge in [-0.2, -0.15) is 11.8 Å². The Kier molecular flexibility index (Phi) is 5.38. The third-order valence-corrected chi connectivity index (χ3v) is 5.15. The highest BCUT2D eigenvalue weighted by molar-refractivity contribution is 7.99. The highest BCUT2D eigenvalue weighted by atomic mass is 32.2. The zero-order valence-electron chi connectivity index (χ0n) is 10.7. The fraction of sp³-hybridized carbons (Fsp3) is 0.615. The summed E-state index contributed by atoms with van der Waals surface area (Å²) in [6, 6.07) is 4.63. The van der Waals surface area contributed by atoms with Gasteiger partial charge in [0.2, 0.25) is 0 Å². The third kappa shape index (κ3) is 4.21. The third-order valence-electron chi connectivity index (χ3n) is 3.17. The lowest BCUT2D eigenvalue weighted by Crippen LogP contribution is -2.45. The second-order valence-corrected chi connectivity index (χ2v) is 6.84. The molecule has 1 aromatic rings. The Morgan fingerprint density at radius 2 is 2.28 bits per heavy atom. The molecule has 1 N–H and O–H groups in total. The van der Waals surface area contributed by atoms with Gasteiger partial charge in [0.05, 0.1) is 0 Å². The lowest BCUT2D eigenvalue weighted by Gasteiger charge is -2.26. The fourth-order valence-corrected chi connectivity index (χ4v) is 3.77. The molecule has 3 nitrogen and oxygen atoms in total. The second kappa shape index (κ2) is 7.04. The number of thiophene rings is 1. The number of thioether (sulfide) groups is 1. The van der Waals surface area contributed by atoms with Crippen molar-refractivity contribution in [1.82, 2.24) is 10.2 Å². The summed E-state index contributed by atoms with van der Waals surface area (Å²) in [4.78, 5) is 15.1. The predicted molar refractivity (Wildman–Crippen MR) is 79.5 cm³/mol. The van der Waals surface area contributed by atoms with Gasteiger partial charge < -0.3 is 10.2 Å². The standard InChI is InChI=1S/C13H20N2OS2/c1-15(7-4-12-3-2-8-18-12)13(16)14-11-5-9-17-10-6-11/h2-3,8,11H,4-7,9-10H2,1H3,(H,14,16). The molecule has 1 fully saturated rings. The van der Waals surface area contributed by atoms with Crippen molar-refractivity contribution in [3.05, 3.63) is 22.4 Å². The second-order valence-electron chi connectivity index (χ2n) is 4.59. The van der Waals surface area contributed by atoms with Crippen LogP contribution in [-0.4, -0.2) is 42.1 Å². The Bertz CT molecular complexity index is 361. The smallest absolute Gasteiger partial charge is 0.317 e. The topological polar surface area (TPSA) is 32.3 Å². The molecule has 0 saturated carbocycles. The number of nitrogens with zero attached hydrogens (tertiary/aromatic N) is 1. The zero-order chi connectivity index (χ0) is 12.8. The Labute approximate surface area is 117 Å². The molecule has 0 unspecified atom stereocenters. The van der Waals surface area contributed by atoms with Gasteiger partial charge in [-0.05, 0) is 42.2 Å². The first-order valence-corrected chi connectivity index (χ1v) is 8.41. The molecule has 1 aromatic heterocycles. The molecule has 0 aliphatic carbocycles. The number of amides is 2. The predicted octanol–water partition coefficient (Wildman–Crippen LogP) is 2.83. The van der Waals surface area contributed by atoms with Crippen LogP contribution in [0.4, 0.5) is 4.79 Å². The van der Waals surface area contributed by atoms with Crippen LogP contribution in [-0.2, 0) is 6.42 Å². The molecule has 2 amide bonds. The molecule has 2 heterocycles. The minimum atomic E-state index is 0.0726. The van der Waals surface area contributed by atoms with Crippen LogP contribution < -0.4 is 5.32 Å². The number of likely N-dealkylation sites (N-methyl/N-ethyl adjacent to an activating group) is 1. The maximum Gasteiger partial charge on any atom is 0.317 e. The maximum atomic E-state index is 12.0. The quantitative estimate of drug-likeness (QED) is 0.922. The number of nitrogens with one attached hydrogen (secondary N) is 1. The first-order valence-electron chi connectivity index (χ1n) is 6.37. The number of rotatable bonds is 4. The molecule has 0 atom stereocenters. The molecule has 1 aliphatic heterocycles. The Balaban J connectivity index is 1.70. The van der Waals surface area contributed by atoms with E-state index in [1.807, 2.05) is 18.8 Å². The van der Waals surface area contributed by atoms with E-state index in [4.69, 9.17) is 0 Å². The number of carbonyl (C=O) groups excluding carboxylic acids is 1. The van der Waals surface area contributed by atoms with Crippen LogP contribution >= 0.6 is 23.1 Å². The van der Waals surface area contributed by atoms with Crippen molar-refractivity contribution >= 4 is 29.1 Å². The first-order chi connectivity index (χ1) is 8.75. The summed E-state index contributed by atoms with van der Waals surface area (Å²) in [7, 11) is 1.88. The monoisotopic (exact) mass is 284 g/mol. The van der Waals surface area contributed by atoms with E-state index in [2.05, 4.69) is 22.8 Å². The van der Waals surface area contributed by atoms with E-state index in [-0.39, 0.29) is 6.03 Å². The van der Waals surface area contributed by atoms with Crippen molar-refractivity contribution < 1.29 is 4.79 Å². The zero-order valence-corrected chi connectivity index (χ0v) is 12.4. The SMILES string of the molecule is CN(CCc1cccs1)C(=O)NC1CCSCC1. The van der Waals surface area contributed by atoms with Crippen LogP contribution in [0.3, 0.4) is 0 Å². The van der Waals surface area contributed by atoms with Crippen molar-refractivity contribution in [3.63, 3.8) is 0 Å². The van der Waals surface area contributed by atoms with E-state index >= 15 is 0 Å². The van der Waals surface area contributed by atoms with Gasteiger partial charge in [-0.1, -0.05) is 6.07 Å². The molecule has 100 valence electrons. The lowest BCUT2D eigenvalue weighted by molar-refractivity contribution is 0.204. The van der Waals surface area contributed by atoms with E-state index in [9.17, 15) is 4.79 Å². The van der Waals surface area contributed by atoms with Gasteiger partial charge in [-0.3, -0.25) is 0 Å². The molecule has 1 saturated heterocycles. The van der Waals surface area contributed by atoms with Crippen molar-refractivity contribution in [2.75, 3.05) is 25.1 Å². The maximum absolute atomic E-state index is 12.0. The van der Waals surface area contributed by atoms with Gasteiger partial charge in [0.1, 0.15) is 0 Å². The van der Waals surface area contributed by atoms with E-state index in [0.717, 1.165) is 25.8 Å². The van der Waals surface area contributed by atoms with Gasteiger partial charge >= 0.3 is 6.03 Å². The van der Waals surface area contributed by atoms with Gasteiger partial charge in [-0.15, -0.1) is 11.3 Å². The molecule has 18 heavy (non-hydrogen) atoms. The van der Waals surface area contributed by atoms with E-state index < -0.39 is 0 Å². The van der Waals surface area contributed by atoms with Crippen LogP contribution in [0.2, 0.25) is 0 Å². The normalized spacial score (nSPS) is 16.5. The average molecular weight is 284 g/mol. The van der Waals surface area contributed by atoms with Crippen LogP contribution in [0.5, 0.6) is 0 Å². The van der Waals surface area contributed by atoms with Crippen LogP contribution in [0.15, 0.2) is 17.5 Å². The summed E-state index contributed by atoms with van der Waals surface area (Å²) < 4.78 is 0. The number of hydrogen-bond donors (Lipinski definition) is 1. The Morgan fingerprint density at radius 3 is 2.94 bits per heavy atom. The Morgan fingerprint density at radius 1 is 1.50 bits per heavy atom. The van der Waals surface area contributed by atoms with Gasteiger partial charge in [-0.25, -0.2) is 4.79 Å². The summed E-state index contributed by atoms with van der Waals surface area (Å²) in [5, 5.41) is 5.20. The molecule has 0 bridgehead atoms. The van der Waals surface area contributed by atoms with Crippen molar-refractivity contribution in [3.8, 4) is 0 Å². The van der Waals surface area contributed by atoms with Crippen molar-refractivity contribution in [1.29, 1.82) is 0 Å². The minimum Gasteiger partial charge on any atom is -0.335 e. The van der Waals surface area contributed by atoms with E-state index in [1.165, 1.54) is 16.4 Å². The number of hydrogen-bond acceptors (Lipinski definition) is 3. The largest absolute Gasteiger partial charge is 0.335 e. The van der Waals surface area contributed by atoms with E-state index in [0.29, 0.717) is 6.04 Å². The van der Waals surface area contributed by atoms with Crippen LogP contribution in [0, 0.1) is 0 Å². The van der Waals surface area contributed by atoms with Gasteiger partial charge in [0, 0.05) is 24.5 Å². The molecule has 1 aliphatic rings. The summed E-state index contributed by atoms with van der Waals surface area (Å²) in [6.07, 6.45) is 3.16. The number of urea groups is 1. The van der Waals surface area contributed by atoms with Crippen molar-refractivity contribution in [2.45, 2.75) is 25.3 Å². The molecular weight excluding hydrogens is 264 g/mol. The summed E-state index contributed by atoms with van der Waals surface area (Å²) >= 11 is 3.73. The average Bonchev–Trinajstić information content (AvgIpc) is 2.90. The van der Waals surface area contributed by atoms with Crippen LogP contribution in [0.25, 0.3) is 0 Å². The molecule has 0 spiro atoms. The number of carbonyl (C=O) groups is 1. The molecule has 0 radical (unpaired) electrons. The van der Waals surface area contributed by atoms with Gasteiger partial charge in [0.25, 0.3) is 0 Å².